The van der Waals surface area contributed by atoms with Crippen LogP contribution in [0.2, 0.25) is 0 Å². The van der Waals surface area contributed by atoms with Gasteiger partial charge in [-0.3, -0.25) is 4.79 Å². The van der Waals surface area contributed by atoms with Gasteiger partial charge in [0.2, 0.25) is 0 Å². The predicted molar refractivity (Wildman–Crippen MR) is 43.4 cm³/mol. The number of Topliss-reactive ketones (excluding diaryl/α,β-unsaturated/α-hetero) is 1. The van der Waals surface area contributed by atoms with Crippen LogP contribution in [0.1, 0.15) is 0 Å². The van der Waals surface area contributed by atoms with E-state index >= 15 is 0 Å². The van der Waals surface area contributed by atoms with Crippen LogP contribution in [-0.4, -0.2) is 36.9 Å². The summed E-state index contributed by atoms with van der Waals surface area (Å²) in [5.41, 5.74) is -1.26. The minimum Gasteiger partial charge on any atom is -0.382 e. The molecule has 0 saturated carbocycles. The first-order valence-corrected chi connectivity index (χ1v) is 3.81. The lowest BCUT2D eigenvalue weighted by Crippen LogP contribution is -2.44. The van der Waals surface area contributed by atoms with Crippen LogP contribution in [0.25, 0.3) is 0 Å². The van der Waals surface area contributed by atoms with Gasteiger partial charge in [0, 0.05) is 20.3 Å². The van der Waals surface area contributed by atoms with Gasteiger partial charge in [-0.1, -0.05) is 0 Å². The zero-order chi connectivity index (χ0) is 13.1. The third kappa shape index (κ3) is 2.92. The van der Waals surface area contributed by atoms with Gasteiger partial charge in [-0.05, 0) is 0 Å². The molecule has 0 aliphatic heterocycles. The van der Waals surface area contributed by atoms with E-state index in [1.165, 1.54) is 14.1 Å². The number of ketones is 1. The molecule has 0 aromatic heterocycles. The third-order valence-corrected chi connectivity index (χ3v) is 1.39. The number of allylic oxidation sites excluding steroid dienone is 1. The van der Waals surface area contributed by atoms with Gasteiger partial charge in [-0.25, -0.2) is 0 Å². The fourth-order valence-electron chi connectivity index (χ4n) is 0.694. The Labute approximate surface area is 87.7 Å². The summed E-state index contributed by atoms with van der Waals surface area (Å²) in [6, 6.07) is 1.00. The van der Waals surface area contributed by atoms with E-state index in [0.717, 1.165) is 11.0 Å². The number of nitriles is 1. The number of halogens is 5. The largest absolute Gasteiger partial charge is 0.461 e. The molecule has 0 saturated heterocycles. The molecule has 90 valence electrons. The van der Waals surface area contributed by atoms with Gasteiger partial charge in [-0.2, -0.15) is 27.2 Å². The molecule has 3 nitrogen and oxygen atoms in total. The molecule has 16 heavy (non-hydrogen) atoms. The molecule has 0 aliphatic rings. The van der Waals surface area contributed by atoms with E-state index in [4.69, 9.17) is 5.26 Å². The van der Waals surface area contributed by atoms with Gasteiger partial charge in [-0.15, -0.1) is 0 Å². The summed E-state index contributed by atoms with van der Waals surface area (Å²) in [4.78, 5) is 11.8. The highest BCUT2D eigenvalue weighted by Crippen LogP contribution is 2.37. The summed E-state index contributed by atoms with van der Waals surface area (Å²) in [5.74, 6) is -8.11. The number of carbonyl (C=O) groups excluding carboxylic acids is 1. The van der Waals surface area contributed by atoms with Crippen LogP contribution in [0, 0.1) is 11.3 Å². The third-order valence-electron chi connectivity index (χ3n) is 1.39. The molecule has 0 radical (unpaired) electrons. The Kier molecular flexibility index (Phi) is 4.01. The van der Waals surface area contributed by atoms with E-state index < -0.39 is 23.5 Å². The number of alkyl halides is 5. The average Bonchev–Trinajstić information content (AvgIpc) is 2.10. The topological polar surface area (TPSA) is 44.1 Å². The van der Waals surface area contributed by atoms with Crippen LogP contribution >= 0.6 is 0 Å². The van der Waals surface area contributed by atoms with Crippen LogP contribution in [0.5, 0.6) is 0 Å². The Morgan fingerprint density at radius 3 is 1.94 bits per heavy atom. The van der Waals surface area contributed by atoms with Crippen LogP contribution in [0.15, 0.2) is 11.8 Å². The average molecular weight is 242 g/mol. The van der Waals surface area contributed by atoms with Crippen LogP contribution < -0.4 is 0 Å². The van der Waals surface area contributed by atoms with Crippen molar-refractivity contribution in [3.05, 3.63) is 11.8 Å². The van der Waals surface area contributed by atoms with Gasteiger partial charge in [0.15, 0.2) is 0 Å². The molecule has 0 unspecified atom stereocenters. The Balaban J connectivity index is 5.30. The van der Waals surface area contributed by atoms with Gasteiger partial charge < -0.3 is 4.90 Å². The van der Waals surface area contributed by atoms with E-state index in [2.05, 4.69) is 0 Å². The molecule has 0 N–H and O–H groups in total. The zero-order valence-corrected chi connectivity index (χ0v) is 8.27. The smallest absolute Gasteiger partial charge is 0.382 e. The maximum absolute atomic E-state index is 12.5. The number of rotatable bonds is 3. The van der Waals surface area contributed by atoms with Crippen LogP contribution in [-0.2, 0) is 4.79 Å². The van der Waals surface area contributed by atoms with E-state index in [-0.39, 0.29) is 0 Å². The number of hydrogen-bond acceptors (Lipinski definition) is 3. The minimum atomic E-state index is -6.01. The number of nitrogens with zero attached hydrogens (tertiary/aromatic N) is 2. The van der Waals surface area contributed by atoms with Crippen LogP contribution in [0.4, 0.5) is 22.0 Å². The van der Waals surface area contributed by atoms with Crippen molar-refractivity contribution in [2.24, 2.45) is 0 Å². The second-order valence-corrected chi connectivity index (χ2v) is 3.02. The molecular formula is C8H7F5N2O. The first-order chi connectivity index (χ1) is 7.04. The summed E-state index contributed by atoms with van der Waals surface area (Å²) in [7, 11) is 2.55. The molecule has 0 amide bonds. The predicted octanol–water partition coefficient (Wildman–Crippen LogP) is 1.72. The van der Waals surface area contributed by atoms with E-state index in [1.54, 1.807) is 0 Å². The van der Waals surface area contributed by atoms with Crippen molar-refractivity contribution in [1.29, 1.82) is 5.26 Å². The summed E-state index contributed by atoms with van der Waals surface area (Å²) in [6.07, 6.45) is -5.41. The SMILES string of the molecule is CN(C)/C=C(\C#N)C(=O)C(F)(F)C(F)(F)F. The van der Waals surface area contributed by atoms with Crippen molar-refractivity contribution in [2.75, 3.05) is 14.1 Å². The Bertz CT molecular complexity index is 350. The first kappa shape index (κ1) is 14.3. The molecule has 0 aromatic carbocycles. The summed E-state index contributed by atoms with van der Waals surface area (Å²) >= 11 is 0. The molecule has 0 aromatic rings. The first-order valence-electron chi connectivity index (χ1n) is 3.81. The fraction of sp³-hybridized carbons (Fsp3) is 0.500. The van der Waals surface area contributed by atoms with E-state index in [9.17, 15) is 26.7 Å². The van der Waals surface area contributed by atoms with Crippen molar-refractivity contribution in [3.63, 3.8) is 0 Å². The second-order valence-electron chi connectivity index (χ2n) is 3.02. The molecule has 0 spiro atoms. The molecule has 0 aliphatic carbocycles. The van der Waals surface area contributed by atoms with Crippen molar-refractivity contribution in [3.8, 4) is 6.07 Å². The molecule has 0 heterocycles. The summed E-state index contributed by atoms with van der Waals surface area (Å²) in [5, 5.41) is 8.31. The molecule has 8 heteroatoms. The zero-order valence-electron chi connectivity index (χ0n) is 8.27. The Hall–Kier alpha value is -1.65. The lowest BCUT2D eigenvalue weighted by atomic mass is 10.1. The number of carbonyl (C=O) groups is 1. The van der Waals surface area contributed by atoms with Gasteiger partial charge in [0.05, 0.1) is 0 Å². The van der Waals surface area contributed by atoms with Gasteiger partial charge in [0.1, 0.15) is 11.6 Å². The Morgan fingerprint density at radius 2 is 1.69 bits per heavy atom. The molecule has 0 fully saturated rings. The van der Waals surface area contributed by atoms with E-state index in [1.807, 2.05) is 0 Å². The monoisotopic (exact) mass is 242 g/mol. The highest BCUT2D eigenvalue weighted by Gasteiger charge is 2.63. The second kappa shape index (κ2) is 4.47. The lowest BCUT2D eigenvalue weighted by Gasteiger charge is -2.18. The quantitative estimate of drug-likeness (QED) is 0.430. The normalized spacial score (nSPS) is 13.2. The highest BCUT2D eigenvalue weighted by molar-refractivity contribution is 6.04. The lowest BCUT2D eigenvalue weighted by molar-refractivity contribution is -0.266. The Morgan fingerprint density at radius 1 is 1.25 bits per heavy atom. The maximum atomic E-state index is 12.5. The van der Waals surface area contributed by atoms with E-state index in [0.29, 0.717) is 6.20 Å². The fourth-order valence-corrected chi connectivity index (χ4v) is 0.694. The van der Waals surface area contributed by atoms with Crippen molar-refractivity contribution >= 4 is 5.78 Å². The summed E-state index contributed by atoms with van der Waals surface area (Å²) in [6.45, 7) is 0. The van der Waals surface area contributed by atoms with Crippen molar-refractivity contribution in [2.45, 2.75) is 12.1 Å². The number of hydrogen-bond donors (Lipinski definition) is 0. The molecule has 0 rings (SSSR count). The molecular weight excluding hydrogens is 235 g/mol. The highest BCUT2D eigenvalue weighted by atomic mass is 19.4. The molecule has 0 atom stereocenters. The van der Waals surface area contributed by atoms with Crippen molar-refractivity contribution in [1.82, 2.24) is 4.90 Å². The van der Waals surface area contributed by atoms with Gasteiger partial charge in [0.25, 0.3) is 5.78 Å². The maximum Gasteiger partial charge on any atom is 0.461 e. The molecule has 0 bridgehead atoms. The van der Waals surface area contributed by atoms with Crippen molar-refractivity contribution < 1.29 is 26.7 Å². The summed E-state index contributed by atoms with van der Waals surface area (Å²) < 4.78 is 60.4. The minimum absolute atomic E-state index is 0.599. The standard InChI is InChI=1S/C8H7F5N2O/c1-15(2)4-5(3-14)6(16)7(9,10)8(11,12)13/h4H,1-2H3/b5-4+. The van der Waals surface area contributed by atoms with Crippen LogP contribution in [0.3, 0.4) is 0 Å². The van der Waals surface area contributed by atoms with Gasteiger partial charge >= 0.3 is 12.1 Å².